The molecule has 0 fully saturated rings. The Morgan fingerprint density at radius 2 is 1.74 bits per heavy atom. The number of hydrogen-bond acceptors (Lipinski definition) is 3. The van der Waals surface area contributed by atoms with Crippen LogP contribution in [-0.2, 0) is 14.4 Å². The van der Waals surface area contributed by atoms with Gasteiger partial charge in [-0.05, 0) is 32.0 Å². The first-order chi connectivity index (χ1) is 10.9. The molecule has 1 aromatic rings. The summed E-state index contributed by atoms with van der Waals surface area (Å²) in [5, 5.41) is 2.69. The first-order valence-corrected chi connectivity index (χ1v) is 7.82. The van der Waals surface area contributed by atoms with Gasteiger partial charge in [0, 0.05) is 51.3 Å². The molecule has 0 aromatic heterocycles. The summed E-state index contributed by atoms with van der Waals surface area (Å²) in [5.41, 5.74) is 1.28. The van der Waals surface area contributed by atoms with E-state index < -0.39 is 0 Å². The maximum atomic E-state index is 12.1. The van der Waals surface area contributed by atoms with E-state index in [1.54, 1.807) is 34.1 Å². The van der Waals surface area contributed by atoms with Gasteiger partial charge in [-0.15, -0.1) is 0 Å². The molecular weight excluding hydrogens is 294 g/mol. The van der Waals surface area contributed by atoms with Gasteiger partial charge in [0.2, 0.25) is 17.7 Å². The Bertz CT molecular complexity index is 568. The molecule has 6 nitrogen and oxygen atoms in total. The minimum absolute atomic E-state index is 0.0271. The van der Waals surface area contributed by atoms with Gasteiger partial charge in [0.25, 0.3) is 0 Å². The number of nitrogens with zero attached hydrogens (tertiary/aromatic N) is 2. The van der Waals surface area contributed by atoms with Crippen molar-refractivity contribution in [2.45, 2.75) is 34.1 Å². The first-order valence-electron chi connectivity index (χ1n) is 7.82. The quantitative estimate of drug-likeness (QED) is 0.838. The van der Waals surface area contributed by atoms with E-state index in [1.165, 1.54) is 13.8 Å². The van der Waals surface area contributed by atoms with Gasteiger partial charge < -0.3 is 15.1 Å². The van der Waals surface area contributed by atoms with Crippen molar-refractivity contribution >= 4 is 29.1 Å². The highest BCUT2D eigenvalue weighted by Crippen LogP contribution is 2.20. The summed E-state index contributed by atoms with van der Waals surface area (Å²) < 4.78 is 0. The molecule has 0 radical (unpaired) electrons. The first kappa shape index (κ1) is 18.7. The molecule has 6 heteroatoms. The van der Waals surface area contributed by atoms with Crippen molar-refractivity contribution in [2.75, 3.05) is 29.9 Å². The highest BCUT2D eigenvalue weighted by molar-refractivity contribution is 5.94. The van der Waals surface area contributed by atoms with Crippen molar-refractivity contribution in [1.82, 2.24) is 4.90 Å². The Morgan fingerprint density at radius 3 is 2.26 bits per heavy atom. The maximum absolute atomic E-state index is 12.1. The van der Waals surface area contributed by atoms with E-state index >= 15 is 0 Å². The van der Waals surface area contributed by atoms with Crippen molar-refractivity contribution in [3.8, 4) is 0 Å². The molecule has 3 amide bonds. The van der Waals surface area contributed by atoms with Crippen LogP contribution >= 0.6 is 0 Å². The fourth-order valence-corrected chi connectivity index (χ4v) is 2.37. The highest BCUT2D eigenvalue weighted by atomic mass is 16.2. The molecule has 0 unspecified atom stereocenters. The number of amides is 3. The Labute approximate surface area is 137 Å². The molecule has 1 aromatic carbocycles. The minimum atomic E-state index is -0.173. The largest absolute Gasteiger partial charge is 0.343 e. The van der Waals surface area contributed by atoms with Crippen molar-refractivity contribution in [2.24, 2.45) is 0 Å². The third-order valence-electron chi connectivity index (χ3n) is 3.52. The van der Waals surface area contributed by atoms with E-state index in [2.05, 4.69) is 5.32 Å². The zero-order chi connectivity index (χ0) is 17.4. The van der Waals surface area contributed by atoms with Gasteiger partial charge in [0.15, 0.2) is 0 Å². The Hall–Kier alpha value is -2.37. The number of carbonyl (C=O) groups is 3. The van der Waals surface area contributed by atoms with Crippen LogP contribution in [0.4, 0.5) is 11.4 Å². The molecule has 0 atom stereocenters. The van der Waals surface area contributed by atoms with E-state index in [-0.39, 0.29) is 24.1 Å². The summed E-state index contributed by atoms with van der Waals surface area (Å²) in [6.07, 6.45) is 0.269. The Morgan fingerprint density at radius 1 is 1.09 bits per heavy atom. The average molecular weight is 319 g/mol. The van der Waals surface area contributed by atoms with Crippen molar-refractivity contribution in [3.63, 3.8) is 0 Å². The van der Waals surface area contributed by atoms with E-state index in [0.717, 1.165) is 0 Å². The maximum Gasteiger partial charge on any atom is 0.224 e. The second-order valence-electron chi connectivity index (χ2n) is 5.22. The molecule has 0 spiro atoms. The number of hydrogen-bond donors (Lipinski definition) is 1. The standard InChI is InChI=1S/C17H25N3O3/c1-5-19(6-2)17(23)10-11-20(14(4)22)16-9-7-8-15(12-16)18-13(3)21/h7-9,12H,5-6,10-11H2,1-4H3,(H,18,21). The summed E-state index contributed by atoms with van der Waals surface area (Å²) in [7, 11) is 0. The fraction of sp³-hybridized carbons (Fsp3) is 0.471. The summed E-state index contributed by atoms with van der Waals surface area (Å²) in [4.78, 5) is 38.5. The SMILES string of the molecule is CCN(CC)C(=O)CCN(C(C)=O)c1cccc(NC(C)=O)c1. The zero-order valence-corrected chi connectivity index (χ0v) is 14.3. The third-order valence-corrected chi connectivity index (χ3v) is 3.52. The van der Waals surface area contributed by atoms with Crippen molar-refractivity contribution in [3.05, 3.63) is 24.3 Å². The van der Waals surface area contributed by atoms with Gasteiger partial charge in [-0.3, -0.25) is 14.4 Å². The normalized spacial score (nSPS) is 10.1. The van der Waals surface area contributed by atoms with Crippen LogP contribution in [0.3, 0.4) is 0 Å². The summed E-state index contributed by atoms with van der Waals surface area (Å²) in [5.74, 6) is -0.287. The number of rotatable bonds is 7. The lowest BCUT2D eigenvalue weighted by Gasteiger charge is -2.24. The molecule has 1 rings (SSSR count). The molecule has 0 saturated heterocycles. The van der Waals surface area contributed by atoms with Gasteiger partial charge in [-0.2, -0.15) is 0 Å². The predicted octanol–water partition coefficient (Wildman–Crippen LogP) is 2.26. The van der Waals surface area contributed by atoms with Crippen LogP contribution in [0.25, 0.3) is 0 Å². The minimum Gasteiger partial charge on any atom is -0.343 e. The van der Waals surface area contributed by atoms with Crippen LogP contribution in [0.15, 0.2) is 24.3 Å². The van der Waals surface area contributed by atoms with Gasteiger partial charge in [-0.25, -0.2) is 0 Å². The van der Waals surface area contributed by atoms with Crippen molar-refractivity contribution < 1.29 is 14.4 Å². The Balaban J connectivity index is 2.85. The molecule has 23 heavy (non-hydrogen) atoms. The molecule has 126 valence electrons. The van der Waals surface area contributed by atoms with Crippen LogP contribution in [0.5, 0.6) is 0 Å². The molecule has 0 aliphatic carbocycles. The van der Waals surface area contributed by atoms with E-state index in [9.17, 15) is 14.4 Å². The summed E-state index contributed by atoms with van der Waals surface area (Å²) in [6, 6.07) is 7.03. The molecule has 0 saturated carbocycles. The average Bonchev–Trinajstić information content (AvgIpc) is 2.48. The van der Waals surface area contributed by atoms with Gasteiger partial charge in [0.05, 0.1) is 0 Å². The van der Waals surface area contributed by atoms with Gasteiger partial charge >= 0.3 is 0 Å². The molecule has 0 aliphatic heterocycles. The monoisotopic (exact) mass is 319 g/mol. The number of nitrogens with one attached hydrogen (secondary N) is 1. The summed E-state index contributed by atoms with van der Waals surface area (Å²) >= 11 is 0. The zero-order valence-electron chi connectivity index (χ0n) is 14.3. The van der Waals surface area contributed by atoms with E-state index in [4.69, 9.17) is 0 Å². The Kier molecular flexibility index (Phi) is 7.25. The van der Waals surface area contributed by atoms with E-state index in [0.29, 0.717) is 31.0 Å². The second-order valence-corrected chi connectivity index (χ2v) is 5.22. The van der Waals surface area contributed by atoms with Crippen LogP contribution in [0, 0.1) is 0 Å². The number of anilines is 2. The van der Waals surface area contributed by atoms with Gasteiger partial charge in [0.1, 0.15) is 0 Å². The van der Waals surface area contributed by atoms with Crippen LogP contribution in [0.1, 0.15) is 34.1 Å². The van der Waals surface area contributed by atoms with Crippen LogP contribution in [-0.4, -0.2) is 42.3 Å². The topological polar surface area (TPSA) is 69.7 Å². The number of carbonyl (C=O) groups excluding carboxylic acids is 3. The molecular formula is C17H25N3O3. The molecule has 0 heterocycles. The lowest BCUT2D eigenvalue weighted by atomic mass is 10.2. The smallest absolute Gasteiger partial charge is 0.224 e. The second kappa shape index (κ2) is 8.92. The lowest BCUT2D eigenvalue weighted by Crippen LogP contribution is -2.36. The fourth-order valence-electron chi connectivity index (χ4n) is 2.37. The molecule has 0 bridgehead atoms. The van der Waals surface area contributed by atoms with Crippen LogP contribution < -0.4 is 10.2 Å². The third kappa shape index (κ3) is 5.73. The van der Waals surface area contributed by atoms with Crippen molar-refractivity contribution in [1.29, 1.82) is 0 Å². The number of benzene rings is 1. The summed E-state index contributed by atoms with van der Waals surface area (Å²) in [6.45, 7) is 8.39. The van der Waals surface area contributed by atoms with E-state index in [1.807, 2.05) is 13.8 Å². The predicted molar refractivity (Wildman–Crippen MR) is 91.3 cm³/mol. The van der Waals surface area contributed by atoms with Gasteiger partial charge in [-0.1, -0.05) is 6.07 Å². The highest BCUT2D eigenvalue weighted by Gasteiger charge is 2.16. The lowest BCUT2D eigenvalue weighted by molar-refractivity contribution is -0.130. The van der Waals surface area contributed by atoms with Crippen LogP contribution in [0.2, 0.25) is 0 Å². The molecule has 1 N–H and O–H groups in total. The molecule has 0 aliphatic rings.